The van der Waals surface area contributed by atoms with E-state index in [4.69, 9.17) is 16.3 Å². The average molecular weight is 565 g/mol. The summed E-state index contributed by atoms with van der Waals surface area (Å²) in [4.78, 5) is 40.4. The van der Waals surface area contributed by atoms with Crippen LogP contribution in [0, 0.1) is 0 Å². The van der Waals surface area contributed by atoms with Gasteiger partial charge in [-0.25, -0.2) is 17.6 Å². The molecule has 1 saturated heterocycles. The second-order valence-corrected chi connectivity index (χ2v) is 9.68. The zero-order chi connectivity index (χ0) is 27.1. The number of halogens is 5. The van der Waals surface area contributed by atoms with Gasteiger partial charge >= 0.3 is 0 Å². The third-order valence-corrected chi connectivity index (χ3v) is 6.83. The second kappa shape index (κ2) is 13.2. The number of carbonyl (C=O) groups excluding carboxylic acids is 3. The van der Waals surface area contributed by atoms with E-state index in [0.29, 0.717) is 4.34 Å². The van der Waals surface area contributed by atoms with E-state index in [1.54, 1.807) is 6.92 Å². The molecule has 0 saturated carbocycles. The quantitative estimate of drug-likeness (QED) is 0.402. The van der Waals surface area contributed by atoms with Gasteiger partial charge in [-0.3, -0.25) is 19.3 Å². The van der Waals surface area contributed by atoms with Crippen LogP contribution >= 0.6 is 22.9 Å². The van der Waals surface area contributed by atoms with Crippen molar-refractivity contribution < 1.29 is 36.7 Å². The summed E-state index contributed by atoms with van der Waals surface area (Å²) in [6, 6.07) is 5.43. The Morgan fingerprint density at radius 2 is 1.97 bits per heavy atom. The van der Waals surface area contributed by atoms with Crippen molar-refractivity contribution in [3.63, 3.8) is 0 Å². The molecule has 1 atom stereocenters. The summed E-state index contributed by atoms with van der Waals surface area (Å²) < 4.78 is 59.6. The van der Waals surface area contributed by atoms with Crippen molar-refractivity contribution in [2.75, 3.05) is 49.6 Å². The number of ether oxygens (including phenoxy) is 1. The molecule has 3 amide bonds. The number of anilines is 2. The molecule has 8 nitrogen and oxygen atoms in total. The van der Waals surface area contributed by atoms with Gasteiger partial charge in [0.15, 0.2) is 0 Å². The van der Waals surface area contributed by atoms with E-state index in [1.165, 1.54) is 29.2 Å². The van der Waals surface area contributed by atoms with Gasteiger partial charge < -0.3 is 20.3 Å². The van der Waals surface area contributed by atoms with Crippen LogP contribution in [0.3, 0.4) is 0 Å². The molecule has 1 aromatic carbocycles. The highest BCUT2D eigenvalue weighted by molar-refractivity contribution is 7.18. The first-order chi connectivity index (χ1) is 17.6. The molecule has 1 aromatic heterocycles. The smallest absolute Gasteiger partial charge is 0.265 e. The molecule has 37 heavy (non-hydrogen) atoms. The molecule has 14 heteroatoms. The fraction of sp³-hybridized carbons (Fsp3) is 0.435. The summed E-state index contributed by atoms with van der Waals surface area (Å²) in [5.74, 6) is -1.81. The molecule has 1 aliphatic heterocycles. The van der Waals surface area contributed by atoms with Crippen molar-refractivity contribution in [2.24, 2.45) is 0 Å². The van der Waals surface area contributed by atoms with Gasteiger partial charge in [-0.05, 0) is 36.9 Å². The zero-order valence-corrected chi connectivity index (χ0v) is 21.3. The zero-order valence-electron chi connectivity index (χ0n) is 19.7. The van der Waals surface area contributed by atoms with Crippen molar-refractivity contribution >= 4 is 52.0 Å². The third-order valence-electron chi connectivity index (χ3n) is 5.60. The number of likely N-dealkylation sites (N-methyl/N-ethyl adjacent to an activating group) is 1. The molecule has 1 aliphatic rings. The molecule has 2 heterocycles. The van der Waals surface area contributed by atoms with Crippen molar-refractivity contribution in [2.45, 2.75) is 25.8 Å². The molecular formula is C23H25ClF4N4O4S. The monoisotopic (exact) mass is 564 g/mol. The number of hydrogen-bond acceptors (Lipinski definition) is 6. The van der Waals surface area contributed by atoms with Crippen molar-refractivity contribution in [1.82, 2.24) is 10.2 Å². The minimum Gasteiger partial charge on any atom is -0.370 e. The number of nitrogens with one attached hydrogen (secondary N) is 2. The molecule has 0 unspecified atom stereocenters. The van der Waals surface area contributed by atoms with Crippen LogP contribution in [-0.4, -0.2) is 74.5 Å². The van der Waals surface area contributed by atoms with Gasteiger partial charge in [-0.1, -0.05) is 18.5 Å². The van der Waals surface area contributed by atoms with Gasteiger partial charge in [0, 0.05) is 30.0 Å². The lowest BCUT2D eigenvalue weighted by atomic mass is 10.1. The Balaban J connectivity index is 1.82. The van der Waals surface area contributed by atoms with Crippen LogP contribution in [0.2, 0.25) is 4.34 Å². The van der Waals surface area contributed by atoms with Crippen LogP contribution in [0.15, 0.2) is 30.3 Å². The van der Waals surface area contributed by atoms with Gasteiger partial charge in [0.2, 0.25) is 5.91 Å². The summed E-state index contributed by atoms with van der Waals surface area (Å²) >= 11 is 6.84. The molecule has 0 bridgehead atoms. The molecule has 2 N–H and O–H groups in total. The molecule has 2 aromatic rings. The number of hydrogen-bond donors (Lipinski definition) is 2. The summed E-state index contributed by atoms with van der Waals surface area (Å²) in [5.41, 5.74) is -0.565. The number of amides is 3. The minimum absolute atomic E-state index is 0.0307. The lowest BCUT2D eigenvalue weighted by Crippen LogP contribution is -2.52. The summed E-state index contributed by atoms with van der Waals surface area (Å²) in [5, 5.41) is 4.91. The second-order valence-electron chi connectivity index (χ2n) is 7.97. The number of thiophene rings is 1. The highest BCUT2D eigenvalue weighted by Crippen LogP contribution is 2.32. The maximum atomic E-state index is 13.9. The fourth-order valence-corrected chi connectivity index (χ4v) is 4.73. The minimum atomic E-state index is -3.00. The number of nitrogens with zero attached hydrogens (tertiary/aromatic N) is 2. The SMILES string of the molecule is CCN(CC(F)F)[C@H](CNC(=O)c1ccc(Cl)s1)C(=O)Nc1ccc(N2CCOCC2=O)cc1C(F)F. The Labute approximate surface area is 219 Å². The maximum Gasteiger partial charge on any atom is 0.265 e. The Morgan fingerprint density at radius 3 is 2.57 bits per heavy atom. The van der Waals surface area contributed by atoms with E-state index < -0.39 is 48.7 Å². The van der Waals surface area contributed by atoms with Crippen LogP contribution < -0.4 is 15.5 Å². The normalized spacial score (nSPS) is 14.9. The molecule has 202 valence electrons. The molecule has 0 spiro atoms. The molecule has 0 aliphatic carbocycles. The highest BCUT2D eigenvalue weighted by Gasteiger charge is 2.30. The summed E-state index contributed by atoms with van der Waals surface area (Å²) in [6.45, 7) is 0.718. The topological polar surface area (TPSA) is 91.0 Å². The highest BCUT2D eigenvalue weighted by atomic mass is 35.5. The first-order valence-corrected chi connectivity index (χ1v) is 12.5. The molecule has 0 radical (unpaired) electrons. The van der Waals surface area contributed by atoms with Crippen molar-refractivity contribution in [3.8, 4) is 0 Å². The number of alkyl halides is 4. The van der Waals surface area contributed by atoms with E-state index in [0.717, 1.165) is 22.3 Å². The largest absolute Gasteiger partial charge is 0.370 e. The maximum absolute atomic E-state index is 13.9. The van der Waals surface area contributed by atoms with Crippen LogP contribution in [-0.2, 0) is 14.3 Å². The molecule has 3 rings (SSSR count). The van der Waals surface area contributed by atoms with Crippen LogP contribution in [0.1, 0.15) is 28.6 Å². The van der Waals surface area contributed by atoms with Gasteiger partial charge in [-0.15, -0.1) is 11.3 Å². The Hall–Kier alpha value is -2.74. The summed E-state index contributed by atoms with van der Waals surface area (Å²) in [6.07, 6.45) is -5.78. The number of benzene rings is 1. The van der Waals surface area contributed by atoms with Crippen molar-refractivity contribution in [3.05, 3.63) is 45.1 Å². The number of carbonyl (C=O) groups is 3. The lowest BCUT2D eigenvalue weighted by molar-refractivity contribution is -0.125. The third kappa shape index (κ3) is 7.63. The summed E-state index contributed by atoms with van der Waals surface area (Å²) in [7, 11) is 0. The predicted octanol–water partition coefficient (Wildman–Crippen LogP) is 4.03. The van der Waals surface area contributed by atoms with E-state index in [2.05, 4.69) is 10.6 Å². The Kier molecular flexibility index (Phi) is 10.3. The van der Waals surface area contributed by atoms with Gasteiger partial charge in [0.1, 0.15) is 12.6 Å². The van der Waals surface area contributed by atoms with Crippen LogP contribution in [0.4, 0.5) is 28.9 Å². The van der Waals surface area contributed by atoms with Gasteiger partial charge in [0.25, 0.3) is 24.7 Å². The number of morpholine rings is 1. The average Bonchev–Trinajstić information content (AvgIpc) is 3.30. The Morgan fingerprint density at radius 1 is 1.22 bits per heavy atom. The van der Waals surface area contributed by atoms with Gasteiger partial charge in [-0.2, -0.15) is 0 Å². The fourth-order valence-electron chi connectivity index (χ4n) is 3.77. The van der Waals surface area contributed by atoms with Gasteiger partial charge in [0.05, 0.1) is 22.4 Å². The lowest BCUT2D eigenvalue weighted by Gasteiger charge is -2.30. The first kappa shape index (κ1) is 28.8. The van der Waals surface area contributed by atoms with Crippen LogP contribution in [0.25, 0.3) is 0 Å². The molecular weight excluding hydrogens is 540 g/mol. The molecule has 1 fully saturated rings. The van der Waals surface area contributed by atoms with E-state index in [1.807, 2.05) is 0 Å². The Bertz CT molecular complexity index is 1120. The number of rotatable bonds is 11. The van der Waals surface area contributed by atoms with E-state index in [9.17, 15) is 31.9 Å². The van der Waals surface area contributed by atoms with Crippen molar-refractivity contribution in [1.29, 1.82) is 0 Å². The van der Waals surface area contributed by atoms with E-state index >= 15 is 0 Å². The first-order valence-electron chi connectivity index (χ1n) is 11.3. The van der Waals surface area contributed by atoms with Crippen LogP contribution in [0.5, 0.6) is 0 Å². The standard InChI is InChI=1S/C23H25ClF4N4O4S/c1-2-31(11-19(25)26)16(10-29-23(35)17-5-6-18(24)37-17)22(34)30-15-4-3-13(9-14(15)21(27)28)32-7-8-36-12-20(32)33/h3-6,9,16,19,21H,2,7-8,10-12H2,1H3,(H,29,35)(H,30,34)/t16-/m1/s1. The predicted molar refractivity (Wildman–Crippen MR) is 132 cm³/mol. The van der Waals surface area contributed by atoms with E-state index in [-0.39, 0.29) is 49.1 Å².